The fourth-order valence-corrected chi connectivity index (χ4v) is 3.53. The topological polar surface area (TPSA) is 151 Å². The maximum Gasteiger partial charge on any atom is 0.325 e. The largest absolute Gasteiger partial charge is 0.491 e. The van der Waals surface area contributed by atoms with Gasteiger partial charge in [-0.1, -0.05) is 18.2 Å². The highest BCUT2D eigenvalue weighted by Gasteiger charge is 2.45. The third-order valence-corrected chi connectivity index (χ3v) is 5.21. The number of aliphatic hydroxyl groups excluding tert-OH is 1. The highest BCUT2D eigenvalue weighted by Crippen LogP contribution is 2.27. The number of amides is 5. The third kappa shape index (κ3) is 5.67. The van der Waals surface area contributed by atoms with Crippen LogP contribution in [0, 0.1) is 12.7 Å². The minimum absolute atomic E-state index is 0.102. The maximum atomic E-state index is 14.2. The van der Waals surface area contributed by atoms with Crippen molar-refractivity contribution in [3.8, 4) is 5.75 Å². The molecule has 5 N–H and O–H groups in total. The number of nitrogens with one attached hydrogen (secondary N) is 2. The van der Waals surface area contributed by atoms with E-state index in [9.17, 15) is 23.6 Å². The van der Waals surface area contributed by atoms with Gasteiger partial charge in [-0.25, -0.2) is 14.1 Å². The number of benzene rings is 2. The number of nitrogens with two attached hydrogens (primary N) is 1. The molecule has 180 valence electrons. The molecule has 1 saturated heterocycles. The van der Waals surface area contributed by atoms with Gasteiger partial charge in [0, 0.05) is 6.42 Å². The number of urea groups is 1. The lowest BCUT2D eigenvalue weighted by Gasteiger charge is -2.24. The summed E-state index contributed by atoms with van der Waals surface area (Å²) in [5.74, 6) is -2.48. The number of halogens is 1. The molecule has 2 aromatic rings. The van der Waals surface area contributed by atoms with Crippen molar-refractivity contribution in [1.29, 1.82) is 0 Å². The quantitative estimate of drug-likeness (QED) is 0.384. The standard InChI is InChI=1S/C23H25FN4O6/c1-13-2-7-17(16(24)12-13)26-21(31)18(8-9-19(25)30)28-22(32)20(27-23(28)33)14-3-5-15(6-4-14)34-11-10-29/h2-7,12,18,20,29H,8-11H2,1H3,(H2,25,30)(H,26,31)(H,27,33)/t18?,20-/m1/s1. The lowest BCUT2D eigenvalue weighted by molar-refractivity contribution is -0.134. The van der Waals surface area contributed by atoms with E-state index in [0.717, 1.165) is 4.90 Å². The van der Waals surface area contributed by atoms with E-state index < -0.39 is 41.7 Å². The van der Waals surface area contributed by atoms with E-state index in [1.54, 1.807) is 37.3 Å². The summed E-state index contributed by atoms with van der Waals surface area (Å²) in [5.41, 5.74) is 6.17. The Hall–Kier alpha value is -3.99. The van der Waals surface area contributed by atoms with Gasteiger partial charge in [-0.05, 0) is 48.7 Å². The van der Waals surface area contributed by atoms with Gasteiger partial charge in [-0.15, -0.1) is 0 Å². The number of aliphatic hydroxyl groups is 1. The van der Waals surface area contributed by atoms with E-state index in [4.69, 9.17) is 15.6 Å². The van der Waals surface area contributed by atoms with Gasteiger partial charge in [0.15, 0.2) is 0 Å². The van der Waals surface area contributed by atoms with Crippen molar-refractivity contribution in [2.24, 2.45) is 5.73 Å². The average molecular weight is 472 g/mol. The van der Waals surface area contributed by atoms with Crippen molar-refractivity contribution >= 4 is 29.4 Å². The fraction of sp³-hybridized carbons (Fsp3) is 0.304. The van der Waals surface area contributed by atoms with Gasteiger partial charge in [0.1, 0.15) is 30.3 Å². The van der Waals surface area contributed by atoms with Gasteiger partial charge in [0.05, 0.1) is 12.3 Å². The zero-order valence-electron chi connectivity index (χ0n) is 18.4. The fourth-order valence-electron chi connectivity index (χ4n) is 3.53. The van der Waals surface area contributed by atoms with Crippen LogP contribution in [0.1, 0.15) is 30.0 Å². The van der Waals surface area contributed by atoms with Crippen molar-refractivity contribution in [3.63, 3.8) is 0 Å². The summed E-state index contributed by atoms with van der Waals surface area (Å²) in [6.45, 7) is 1.63. The van der Waals surface area contributed by atoms with Crippen LogP contribution in [0.15, 0.2) is 42.5 Å². The summed E-state index contributed by atoms with van der Waals surface area (Å²) >= 11 is 0. The van der Waals surface area contributed by atoms with Crippen LogP contribution in [0.3, 0.4) is 0 Å². The molecule has 2 atom stereocenters. The molecule has 1 fully saturated rings. The highest BCUT2D eigenvalue weighted by molar-refractivity contribution is 6.09. The number of carbonyl (C=O) groups excluding carboxylic acids is 4. The van der Waals surface area contributed by atoms with E-state index >= 15 is 0 Å². The zero-order chi connectivity index (χ0) is 24.8. The number of aryl methyl sites for hydroxylation is 1. The highest BCUT2D eigenvalue weighted by atomic mass is 19.1. The first kappa shape index (κ1) is 24.6. The Morgan fingerprint density at radius 2 is 1.94 bits per heavy atom. The van der Waals surface area contributed by atoms with Gasteiger partial charge < -0.3 is 26.2 Å². The number of hydrogen-bond acceptors (Lipinski definition) is 6. The molecule has 10 nitrogen and oxygen atoms in total. The molecular formula is C23H25FN4O6. The van der Waals surface area contributed by atoms with Crippen LogP contribution in [0.25, 0.3) is 0 Å². The normalized spacial score (nSPS) is 16.2. The summed E-state index contributed by atoms with van der Waals surface area (Å²) in [6, 6.07) is 7.18. The molecule has 1 unspecified atom stereocenters. The van der Waals surface area contributed by atoms with Gasteiger partial charge >= 0.3 is 6.03 Å². The molecule has 34 heavy (non-hydrogen) atoms. The molecule has 1 aliphatic rings. The Morgan fingerprint density at radius 3 is 2.56 bits per heavy atom. The molecule has 0 aliphatic carbocycles. The van der Waals surface area contributed by atoms with E-state index in [0.29, 0.717) is 16.9 Å². The van der Waals surface area contributed by atoms with E-state index in [2.05, 4.69) is 10.6 Å². The molecule has 1 aliphatic heterocycles. The summed E-state index contributed by atoms with van der Waals surface area (Å²) in [6.07, 6.45) is -0.498. The molecule has 0 aromatic heterocycles. The first-order valence-corrected chi connectivity index (χ1v) is 10.5. The van der Waals surface area contributed by atoms with E-state index in [-0.39, 0.29) is 31.7 Å². The van der Waals surface area contributed by atoms with E-state index in [1.807, 2.05) is 0 Å². The van der Waals surface area contributed by atoms with Gasteiger partial charge in [0.2, 0.25) is 11.8 Å². The van der Waals surface area contributed by atoms with Crippen LogP contribution >= 0.6 is 0 Å². The first-order valence-electron chi connectivity index (χ1n) is 10.5. The molecule has 3 rings (SSSR count). The molecule has 1 heterocycles. The number of carbonyl (C=O) groups is 4. The number of rotatable bonds is 10. The minimum Gasteiger partial charge on any atom is -0.491 e. The van der Waals surface area contributed by atoms with Crippen molar-refractivity contribution in [2.75, 3.05) is 18.5 Å². The summed E-state index contributed by atoms with van der Waals surface area (Å²) in [4.78, 5) is 50.9. The molecule has 11 heteroatoms. The lowest BCUT2D eigenvalue weighted by Crippen LogP contribution is -2.48. The molecule has 0 bridgehead atoms. The summed E-state index contributed by atoms with van der Waals surface area (Å²) in [7, 11) is 0. The summed E-state index contributed by atoms with van der Waals surface area (Å²) < 4.78 is 19.5. The summed E-state index contributed by atoms with van der Waals surface area (Å²) in [5, 5.41) is 13.7. The Balaban J connectivity index is 1.82. The van der Waals surface area contributed by atoms with Gasteiger partial charge in [-0.2, -0.15) is 0 Å². The maximum absolute atomic E-state index is 14.2. The van der Waals surface area contributed by atoms with Crippen molar-refractivity contribution in [2.45, 2.75) is 31.8 Å². The first-order chi connectivity index (χ1) is 16.2. The van der Waals surface area contributed by atoms with Crippen LogP contribution in [-0.2, 0) is 14.4 Å². The smallest absolute Gasteiger partial charge is 0.325 e. The second-order valence-electron chi connectivity index (χ2n) is 7.73. The average Bonchev–Trinajstić information content (AvgIpc) is 3.09. The molecule has 0 spiro atoms. The lowest BCUT2D eigenvalue weighted by atomic mass is 10.0. The third-order valence-electron chi connectivity index (χ3n) is 5.21. The van der Waals surface area contributed by atoms with E-state index in [1.165, 1.54) is 12.1 Å². The SMILES string of the molecule is Cc1ccc(NC(=O)C(CCC(N)=O)N2C(=O)N[C@H](c3ccc(OCCO)cc3)C2=O)c(F)c1. The molecular weight excluding hydrogens is 447 g/mol. The molecule has 0 saturated carbocycles. The van der Waals surface area contributed by atoms with Crippen LogP contribution < -0.4 is 21.1 Å². The Kier molecular flexibility index (Phi) is 7.79. The van der Waals surface area contributed by atoms with Crippen molar-refractivity contribution in [3.05, 3.63) is 59.4 Å². The van der Waals surface area contributed by atoms with Gasteiger partial charge in [0.25, 0.3) is 5.91 Å². The van der Waals surface area contributed by atoms with Crippen LogP contribution in [0.4, 0.5) is 14.9 Å². The van der Waals surface area contributed by atoms with Crippen molar-refractivity contribution < 1.29 is 33.4 Å². The molecule has 2 aromatic carbocycles. The Morgan fingerprint density at radius 1 is 1.24 bits per heavy atom. The van der Waals surface area contributed by atoms with Crippen LogP contribution in [0.2, 0.25) is 0 Å². The number of primary amides is 1. The number of anilines is 1. The predicted molar refractivity (Wildman–Crippen MR) is 119 cm³/mol. The number of nitrogens with zero attached hydrogens (tertiary/aromatic N) is 1. The van der Waals surface area contributed by atoms with Crippen molar-refractivity contribution in [1.82, 2.24) is 10.2 Å². The second kappa shape index (κ2) is 10.8. The molecule has 5 amide bonds. The second-order valence-corrected chi connectivity index (χ2v) is 7.73. The number of ether oxygens (including phenoxy) is 1. The predicted octanol–water partition coefficient (Wildman–Crippen LogP) is 1.37. The number of imide groups is 1. The van der Waals surface area contributed by atoms with Gasteiger partial charge in [-0.3, -0.25) is 14.4 Å². The van der Waals surface area contributed by atoms with Crippen LogP contribution in [-0.4, -0.2) is 53.0 Å². The monoisotopic (exact) mass is 472 g/mol. The molecule has 0 radical (unpaired) electrons. The zero-order valence-corrected chi connectivity index (χ0v) is 18.4. The van der Waals surface area contributed by atoms with Crippen LogP contribution in [0.5, 0.6) is 5.75 Å². The minimum atomic E-state index is -1.39. The Bertz CT molecular complexity index is 1090. The Labute approximate surface area is 194 Å². The number of hydrogen-bond donors (Lipinski definition) is 4.